The SMILES string of the molecule is CCn1ccc(C(=O)N2CCC(c3ccccc3)(c3csc(C)n3)CC2)n1. The normalized spacial score (nSPS) is 16.4. The molecule has 1 aliphatic rings. The summed E-state index contributed by atoms with van der Waals surface area (Å²) < 4.78 is 1.80. The number of carbonyl (C=O) groups excluding carboxylic acids is 1. The van der Waals surface area contributed by atoms with Gasteiger partial charge in [0.2, 0.25) is 0 Å². The number of hydrogen-bond acceptors (Lipinski definition) is 4. The predicted molar refractivity (Wildman–Crippen MR) is 107 cm³/mol. The summed E-state index contributed by atoms with van der Waals surface area (Å²) in [6.45, 7) is 6.27. The first-order valence-electron chi connectivity index (χ1n) is 9.43. The summed E-state index contributed by atoms with van der Waals surface area (Å²) in [5.41, 5.74) is 2.84. The lowest BCUT2D eigenvalue weighted by Gasteiger charge is -2.41. The lowest BCUT2D eigenvalue weighted by Crippen LogP contribution is -2.46. The minimum absolute atomic E-state index is 0.0262. The van der Waals surface area contributed by atoms with E-state index >= 15 is 0 Å². The highest BCUT2D eigenvalue weighted by Crippen LogP contribution is 2.42. The van der Waals surface area contributed by atoms with E-state index in [0.29, 0.717) is 18.8 Å². The molecule has 27 heavy (non-hydrogen) atoms. The van der Waals surface area contributed by atoms with Gasteiger partial charge in [-0.25, -0.2) is 4.98 Å². The standard InChI is InChI=1S/C21H24N4OS/c1-3-25-12-9-18(23-25)20(26)24-13-10-21(11-14-24,17-7-5-4-6-8-17)19-15-27-16(2)22-19/h4-9,12,15H,3,10-11,13-14H2,1-2H3. The second-order valence-electron chi connectivity index (χ2n) is 7.05. The van der Waals surface area contributed by atoms with Crippen molar-refractivity contribution in [3.63, 3.8) is 0 Å². The summed E-state index contributed by atoms with van der Waals surface area (Å²) in [5, 5.41) is 7.64. The summed E-state index contributed by atoms with van der Waals surface area (Å²) in [6, 6.07) is 12.4. The summed E-state index contributed by atoms with van der Waals surface area (Å²) in [5.74, 6) is 0.0262. The van der Waals surface area contributed by atoms with Crippen LogP contribution in [0.3, 0.4) is 0 Å². The smallest absolute Gasteiger partial charge is 0.274 e. The first-order chi connectivity index (χ1) is 13.1. The van der Waals surface area contributed by atoms with E-state index in [0.717, 1.165) is 30.1 Å². The maximum absolute atomic E-state index is 12.9. The molecule has 3 heterocycles. The molecule has 2 aromatic heterocycles. The zero-order valence-corrected chi connectivity index (χ0v) is 16.6. The Labute approximate surface area is 163 Å². The Hall–Kier alpha value is -2.47. The van der Waals surface area contributed by atoms with Crippen molar-refractivity contribution < 1.29 is 4.79 Å². The van der Waals surface area contributed by atoms with Gasteiger partial charge in [0.15, 0.2) is 0 Å². The molecule has 0 saturated carbocycles. The Bertz CT molecular complexity index is 923. The number of thiazole rings is 1. The van der Waals surface area contributed by atoms with E-state index in [9.17, 15) is 4.79 Å². The number of carbonyl (C=O) groups is 1. The second-order valence-corrected chi connectivity index (χ2v) is 8.11. The van der Waals surface area contributed by atoms with Gasteiger partial charge in [-0.05, 0) is 38.3 Å². The van der Waals surface area contributed by atoms with Crippen molar-refractivity contribution >= 4 is 17.2 Å². The van der Waals surface area contributed by atoms with Crippen LogP contribution in [0, 0.1) is 6.92 Å². The molecule has 0 N–H and O–H groups in total. The van der Waals surface area contributed by atoms with E-state index in [1.807, 2.05) is 30.2 Å². The fraction of sp³-hybridized carbons (Fsp3) is 0.381. The van der Waals surface area contributed by atoms with Gasteiger partial charge in [-0.1, -0.05) is 30.3 Å². The highest BCUT2D eigenvalue weighted by molar-refractivity contribution is 7.09. The minimum atomic E-state index is -0.119. The molecule has 3 aromatic rings. The monoisotopic (exact) mass is 380 g/mol. The van der Waals surface area contributed by atoms with Crippen molar-refractivity contribution in [2.75, 3.05) is 13.1 Å². The molecule has 4 rings (SSSR count). The number of rotatable bonds is 4. The molecular weight excluding hydrogens is 356 g/mol. The molecule has 0 spiro atoms. The van der Waals surface area contributed by atoms with E-state index in [2.05, 4.69) is 41.7 Å². The highest BCUT2D eigenvalue weighted by Gasteiger charge is 2.41. The quantitative estimate of drug-likeness (QED) is 0.690. The topological polar surface area (TPSA) is 51.0 Å². The largest absolute Gasteiger partial charge is 0.337 e. The molecule has 0 radical (unpaired) electrons. The molecule has 1 fully saturated rings. The molecule has 5 nitrogen and oxygen atoms in total. The highest BCUT2D eigenvalue weighted by atomic mass is 32.1. The fourth-order valence-electron chi connectivity index (χ4n) is 3.94. The minimum Gasteiger partial charge on any atom is -0.337 e. The van der Waals surface area contributed by atoms with Crippen LogP contribution in [-0.4, -0.2) is 38.7 Å². The van der Waals surface area contributed by atoms with Crippen LogP contribution in [0.2, 0.25) is 0 Å². The third-order valence-corrected chi connectivity index (χ3v) is 6.30. The van der Waals surface area contributed by atoms with Gasteiger partial charge in [0.05, 0.1) is 10.7 Å². The summed E-state index contributed by atoms with van der Waals surface area (Å²) >= 11 is 1.70. The van der Waals surface area contributed by atoms with Crippen LogP contribution in [0.1, 0.15) is 46.5 Å². The van der Waals surface area contributed by atoms with Gasteiger partial charge in [0, 0.05) is 36.6 Å². The molecule has 0 aliphatic carbocycles. The zero-order valence-electron chi connectivity index (χ0n) is 15.8. The van der Waals surface area contributed by atoms with Gasteiger partial charge in [0.1, 0.15) is 5.69 Å². The second kappa shape index (κ2) is 7.27. The van der Waals surface area contributed by atoms with Crippen molar-refractivity contribution in [3.05, 3.63) is 69.9 Å². The molecule has 140 valence electrons. The van der Waals surface area contributed by atoms with Gasteiger partial charge in [-0.2, -0.15) is 5.10 Å². The number of amides is 1. The summed E-state index contributed by atoms with van der Waals surface area (Å²) in [6.07, 6.45) is 3.62. The van der Waals surface area contributed by atoms with Crippen molar-refractivity contribution in [1.29, 1.82) is 0 Å². The number of aromatic nitrogens is 3. The Balaban J connectivity index is 1.59. The first-order valence-corrected chi connectivity index (χ1v) is 10.3. The predicted octanol–water partition coefficient (Wildman–Crippen LogP) is 3.89. The van der Waals surface area contributed by atoms with E-state index in [-0.39, 0.29) is 11.3 Å². The lowest BCUT2D eigenvalue weighted by molar-refractivity contribution is 0.0677. The average molecular weight is 381 g/mol. The number of aryl methyl sites for hydroxylation is 2. The van der Waals surface area contributed by atoms with E-state index in [1.165, 1.54) is 5.56 Å². The van der Waals surface area contributed by atoms with Crippen molar-refractivity contribution in [2.24, 2.45) is 0 Å². The molecule has 1 aromatic carbocycles. The van der Waals surface area contributed by atoms with Crippen LogP contribution < -0.4 is 0 Å². The van der Waals surface area contributed by atoms with Crippen LogP contribution in [0.4, 0.5) is 0 Å². The Morgan fingerprint density at radius 3 is 2.52 bits per heavy atom. The molecule has 0 bridgehead atoms. The number of likely N-dealkylation sites (tertiary alicyclic amines) is 1. The van der Waals surface area contributed by atoms with Crippen LogP contribution in [0.25, 0.3) is 0 Å². The molecule has 1 aliphatic heterocycles. The molecule has 1 saturated heterocycles. The number of piperidine rings is 1. The van der Waals surface area contributed by atoms with Crippen molar-refractivity contribution in [1.82, 2.24) is 19.7 Å². The van der Waals surface area contributed by atoms with E-state index < -0.39 is 0 Å². The third-order valence-electron chi connectivity index (χ3n) is 5.52. The number of benzene rings is 1. The first kappa shape index (κ1) is 17.9. The van der Waals surface area contributed by atoms with Crippen LogP contribution in [0.15, 0.2) is 48.0 Å². The van der Waals surface area contributed by atoms with Crippen molar-refractivity contribution in [3.8, 4) is 0 Å². The Morgan fingerprint density at radius 2 is 1.93 bits per heavy atom. The van der Waals surface area contributed by atoms with Gasteiger partial charge < -0.3 is 4.90 Å². The van der Waals surface area contributed by atoms with Crippen LogP contribution >= 0.6 is 11.3 Å². The average Bonchev–Trinajstić information content (AvgIpc) is 3.37. The maximum Gasteiger partial charge on any atom is 0.274 e. The van der Waals surface area contributed by atoms with Crippen LogP contribution in [-0.2, 0) is 12.0 Å². The Kier molecular flexibility index (Phi) is 4.83. The van der Waals surface area contributed by atoms with Crippen LogP contribution in [0.5, 0.6) is 0 Å². The van der Waals surface area contributed by atoms with E-state index in [1.54, 1.807) is 16.0 Å². The van der Waals surface area contributed by atoms with Gasteiger partial charge in [-0.15, -0.1) is 11.3 Å². The van der Waals surface area contributed by atoms with E-state index in [4.69, 9.17) is 4.98 Å². The lowest BCUT2D eigenvalue weighted by atomic mass is 9.70. The van der Waals surface area contributed by atoms with Gasteiger partial charge in [0.25, 0.3) is 5.91 Å². The number of nitrogens with zero attached hydrogens (tertiary/aromatic N) is 4. The molecule has 6 heteroatoms. The van der Waals surface area contributed by atoms with Crippen molar-refractivity contribution in [2.45, 2.75) is 38.6 Å². The molecule has 0 atom stereocenters. The zero-order chi connectivity index (χ0) is 18.9. The fourth-order valence-corrected chi connectivity index (χ4v) is 4.65. The number of hydrogen-bond donors (Lipinski definition) is 0. The summed E-state index contributed by atoms with van der Waals surface area (Å²) in [7, 11) is 0. The maximum atomic E-state index is 12.9. The third kappa shape index (κ3) is 3.30. The molecule has 0 unspecified atom stereocenters. The summed E-state index contributed by atoms with van der Waals surface area (Å²) in [4.78, 5) is 19.6. The Morgan fingerprint density at radius 1 is 1.19 bits per heavy atom. The molecule has 1 amide bonds. The van der Waals surface area contributed by atoms with Gasteiger partial charge in [-0.3, -0.25) is 9.48 Å². The molecular formula is C21H24N4OS. The van der Waals surface area contributed by atoms with Gasteiger partial charge >= 0.3 is 0 Å².